The fourth-order valence-corrected chi connectivity index (χ4v) is 1.57. The molecule has 0 radical (unpaired) electrons. The van der Waals surface area contributed by atoms with Gasteiger partial charge in [0.1, 0.15) is 5.54 Å². The first kappa shape index (κ1) is 14.6. The van der Waals surface area contributed by atoms with Crippen molar-refractivity contribution in [3.05, 3.63) is 34.9 Å². The van der Waals surface area contributed by atoms with Gasteiger partial charge in [-0.15, -0.1) is 0 Å². The number of amides is 1. The van der Waals surface area contributed by atoms with Crippen LogP contribution in [0.15, 0.2) is 18.2 Å². The second kappa shape index (κ2) is 5.95. The Bertz CT molecular complexity index is 419. The van der Waals surface area contributed by atoms with Gasteiger partial charge in [-0.1, -0.05) is 12.1 Å². The van der Waals surface area contributed by atoms with Crippen LogP contribution >= 0.6 is 0 Å². The molecule has 18 heavy (non-hydrogen) atoms. The van der Waals surface area contributed by atoms with Crippen LogP contribution in [-0.4, -0.2) is 46.6 Å². The Balaban J connectivity index is 2.98. The molecule has 0 atom stereocenters. The third-order valence-electron chi connectivity index (χ3n) is 3.14. The highest BCUT2D eigenvalue weighted by molar-refractivity contribution is 5.96. The molecular formula is C13H19NO4. The highest BCUT2D eigenvalue weighted by Crippen LogP contribution is 2.14. The monoisotopic (exact) mass is 253 g/mol. The number of hydrogen-bond acceptors (Lipinski definition) is 4. The summed E-state index contributed by atoms with van der Waals surface area (Å²) in [4.78, 5) is 12.1. The van der Waals surface area contributed by atoms with E-state index < -0.39 is 31.3 Å². The third-order valence-corrected chi connectivity index (χ3v) is 3.14. The summed E-state index contributed by atoms with van der Waals surface area (Å²) in [7, 11) is 0. The van der Waals surface area contributed by atoms with E-state index in [2.05, 4.69) is 5.32 Å². The largest absolute Gasteiger partial charge is 0.394 e. The number of carbonyl (C=O) groups excluding carboxylic acids is 1. The topological polar surface area (TPSA) is 89.8 Å². The molecule has 0 aromatic heterocycles. The summed E-state index contributed by atoms with van der Waals surface area (Å²) in [6.45, 7) is 2.12. The van der Waals surface area contributed by atoms with Gasteiger partial charge in [0.2, 0.25) is 0 Å². The first-order valence-corrected chi connectivity index (χ1v) is 5.71. The molecule has 1 aromatic carbocycles. The van der Waals surface area contributed by atoms with Crippen LogP contribution in [0.3, 0.4) is 0 Å². The van der Waals surface area contributed by atoms with Crippen LogP contribution in [-0.2, 0) is 0 Å². The standard InChI is InChI=1S/C13H19NO4/c1-9-4-3-5-11(10(9)2)12(18)14-13(6-15,7-16)8-17/h3-5,15-17H,6-8H2,1-2H3,(H,14,18). The van der Waals surface area contributed by atoms with Crippen molar-refractivity contribution >= 4 is 5.91 Å². The van der Waals surface area contributed by atoms with Crippen molar-refractivity contribution in [2.24, 2.45) is 0 Å². The first-order chi connectivity index (χ1) is 8.49. The fourth-order valence-electron chi connectivity index (χ4n) is 1.57. The lowest BCUT2D eigenvalue weighted by Gasteiger charge is -2.29. The first-order valence-electron chi connectivity index (χ1n) is 5.71. The van der Waals surface area contributed by atoms with Gasteiger partial charge in [-0.2, -0.15) is 0 Å². The molecule has 5 nitrogen and oxygen atoms in total. The van der Waals surface area contributed by atoms with Crippen molar-refractivity contribution in [2.75, 3.05) is 19.8 Å². The van der Waals surface area contributed by atoms with Crippen LogP contribution in [0.5, 0.6) is 0 Å². The summed E-state index contributed by atoms with van der Waals surface area (Å²) in [6.07, 6.45) is 0. The molecule has 0 spiro atoms. The minimum atomic E-state index is -1.40. The van der Waals surface area contributed by atoms with E-state index in [4.69, 9.17) is 15.3 Å². The molecule has 4 N–H and O–H groups in total. The summed E-state index contributed by atoms with van der Waals surface area (Å²) in [5.74, 6) is -0.423. The van der Waals surface area contributed by atoms with E-state index in [-0.39, 0.29) is 0 Å². The Morgan fingerprint density at radius 3 is 2.22 bits per heavy atom. The molecule has 5 heteroatoms. The number of nitrogens with one attached hydrogen (secondary N) is 1. The van der Waals surface area contributed by atoms with Gasteiger partial charge in [0, 0.05) is 5.56 Å². The Kier molecular flexibility index (Phi) is 4.84. The molecule has 0 aliphatic rings. The molecule has 0 fully saturated rings. The average Bonchev–Trinajstić information content (AvgIpc) is 2.39. The van der Waals surface area contributed by atoms with Crippen molar-refractivity contribution in [1.82, 2.24) is 5.32 Å². The van der Waals surface area contributed by atoms with E-state index in [9.17, 15) is 4.79 Å². The maximum atomic E-state index is 12.1. The van der Waals surface area contributed by atoms with Gasteiger partial charge in [0.05, 0.1) is 19.8 Å². The van der Waals surface area contributed by atoms with Gasteiger partial charge in [0.25, 0.3) is 5.91 Å². The van der Waals surface area contributed by atoms with Crippen molar-refractivity contribution in [3.8, 4) is 0 Å². The summed E-state index contributed by atoms with van der Waals surface area (Å²) in [6, 6.07) is 5.31. The minimum absolute atomic E-state index is 0.423. The Morgan fingerprint density at radius 1 is 1.17 bits per heavy atom. The van der Waals surface area contributed by atoms with Crippen LogP contribution in [0.1, 0.15) is 21.5 Å². The van der Waals surface area contributed by atoms with Crippen LogP contribution < -0.4 is 5.32 Å². The third kappa shape index (κ3) is 2.87. The molecular weight excluding hydrogens is 234 g/mol. The fraction of sp³-hybridized carbons (Fsp3) is 0.462. The second-order valence-electron chi connectivity index (χ2n) is 4.46. The maximum Gasteiger partial charge on any atom is 0.252 e. The lowest BCUT2D eigenvalue weighted by molar-refractivity contribution is 0.0375. The van der Waals surface area contributed by atoms with Gasteiger partial charge in [0.15, 0.2) is 0 Å². The predicted octanol–water partition coefficient (Wildman–Crippen LogP) is -0.251. The lowest BCUT2D eigenvalue weighted by atomic mass is 9.99. The molecule has 0 aliphatic carbocycles. The van der Waals surface area contributed by atoms with Crippen molar-refractivity contribution in [2.45, 2.75) is 19.4 Å². The van der Waals surface area contributed by atoms with Gasteiger partial charge in [-0.25, -0.2) is 0 Å². The average molecular weight is 253 g/mol. The number of benzene rings is 1. The van der Waals surface area contributed by atoms with Gasteiger partial charge in [-0.05, 0) is 31.0 Å². The zero-order valence-corrected chi connectivity index (χ0v) is 10.6. The quantitative estimate of drug-likeness (QED) is 0.582. The summed E-state index contributed by atoms with van der Waals surface area (Å²) >= 11 is 0. The van der Waals surface area contributed by atoms with Crippen LogP contribution in [0, 0.1) is 13.8 Å². The molecule has 1 rings (SSSR count). The van der Waals surface area contributed by atoms with Gasteiger partial charge >= 0.3 is 0 Å². The number of carbonyl (C=O) groups is 1. The smallest absolute Gasteiger partial charge is 0.252 e. The van der Waals surface area contributed by atoms with Crippen LogP contribution in [0.25, 0.3) is 0 Å². The number of aryl methyl sites for hydroxylation is 1. The SMILES string of the molecule is Cc1cccc(C(=O)NC(CO)(CO)CO)c1C. The molecule has 100 valence electrons. The Hall–Kier alpha value is -1.43. The highest BCUT2D eigenvalue weighted by Gasteiger charge is 2.30. The normalized spacial score (nSPS) is 11.4. The predicted molar refractivity (Wildman–Crippen MR) is 67.4 cm³/mol. The van der Waals surface area contributed by atoms with Gasteiger partial charge in [-0.3, -0.25) is 4.79 Å². The summed E-state index contributed by atoms with van der Waals surface area (Å²) < 4.78 is 0. The molecule has 1 amide bonds. The zero-order valence-electron chi connectivity index (χ0n) is 10.6. The minimum Gasteiger partial charge on any atom is -0.394 e. The Labute approximate surface area is 106 Å². The van der Waals surface area contributed by atoms with E-state index in [0.717, 1.165) is 11.1 Å². The number of aliphatic hydroxyl groups is 3. The van der Waals surface area contributed by atoms with Crippen LogP contribution in [0.4, 0.5) is 0 Å². The maximum absolute atomic E-state index is 12.1. The zero-order chi connectivity index (χ0) is 13.8. The number of aliphatic hydroxyl groups excluding tert-OH is 3. The second-order valence-corrected chi connectivity index (χ2v) is 4.46. The highest BCUT2D eigenvalue weighted by atomic mass is 16.3. The van der Waals surface area contributed by atoms with E-state index >= 15 is 0 Å². The van der Waals surface area contributed by atoms with E-state index in [1.165, 1.54) is 0 Å². The molecule has 0 heterocycles. The van der Waals surface area contributed by atoms with Crippen molar-refractivity contribution in [3.63, 3.8) is 0 Å². The molecule has 1 aromatic rings. The van der Waals surface area contributed by atoms with Crippen molar-refractivity contribution in [1.29, 1.82) is 0 Å². The van der Waals surface area contributed by atoms with Crippen LogP contribution in [0.2, 0.25) is 0 Å². The van der Waals surface area contributed by atoms with E-state index in [0.29, 0.717) is 5.56 Å². The van der Waals surface area contributed by atoms with E-state index in [1.807, 2.05) is 19.9 Å². The molecule has 0 saturated heterocycles. The lowest BCUT2D eigenvalue weighted by Crippen LogP contribution is -2.57. The molecule has 0 bridgehead atoms. The summed E-state index contributed by atoms with van der Waals surface area (Å²) in [5, 5.41) is 30.0. The number of hydrogen-bond donors (Lipinski definition) is 4. The Morgan fingerprint density at radius 2 is 1.72 bits per heavy atom. The molecule has 0 unspecified atom stereocenters. The number of rotatable bonds is 5. The van der Waals surface area contributed by atoms with Crippen molar-refractivity contribution < 1.29 is 20.1 Å². The van der Waals surface area contributed by atoms with Gasteiger partial charge < -0.3 is 20.6 Å². The molecule has 0 saturated carbocycles. The summed E-state index contributed by atoms with van der Waals surface area (Å²) in [5.41, 5.74) is 0.880. The van der Waals surface area contributed by atoms with E-state index in [1.54, 1.807) is 12.1 Å². The molecule has 0 aliphatic heterocycles.